The molecule has 9 heteroatoms. The van der Waals surface area contributed by atoms with Crippen molar-refractivity contribution in [3.63, 3.8) is 0 Å². The third-order valence-electron chi connectivity index (χ3n) is 8.80. The normalized spacial score (nSPS) is 12.4. The van der Waals surface area contributed by atoms with Crippen LogP contribution in [0.3, 0.4) is 0 Å². The van der Waals surface area contributed by atoms with Gasteiger partial charge in [0, 0.05) is 24.8 Å². The predicted octanol–water partition coefficient (Wildman–Crippen LogP) is 7.17. The summed E-state index contributed by atoms with van der Waals surface area (Å²) in [7, 11) is -0.777. The first kappa shape index (κ1) is 30.2. The number of rotatable bonds is 8. The van der Waals surface area contributed by atoms with Gasteiger partial charge in [0.25, 0.3) is 8.32 Å². The summed E-state index contributed by atoms with van der Waals surface area (Å²) in [5.41, 5.74) is 6.97. The Labute approximate surface area is 275 Å². The molecule has 3 aromatic carbocycles. The molecule has 0 unspecified atom stereocenters. The molecule has 4 heterocycles. The molecule has 0 bridgehead atoms. The number of hydrogen-bond acceptors (Lipinski definition) is 4. The first-order chi connectivity index (χ1) is 22.1. The van der Waals surface area contributed by atoms with Crippen molar-refractivity contribution in [3.8, 4) is 11.4 Å². The molecule has 0 aliphatic carbocycles. The number of fused-ring (bicyclic) bond motifs is 3. The van der Waals surface area contributed by atoms with E-state index < -0.39 is 8.32 Å². The molecule has 0 fully saturated rings. The Morgan fingerprint density at radius 3 is 2.09 bits per heavy atom. The lowest BCUT2D eigenvalue weighted by molar-refractivity contribution is 0.286. The Bertz CT molecular complexity index is 2120. The summed E-state index contributed by atoms with van der Waals surface area (Å²) in [6.45, 7) is 9.93. The lowest BCUT2D eigenvalue weighted by Crippen LogP contribution is -2.66. The Kier molecular flexibility index (Phi) is 7.67. The molecule has 0 aliphatic heterocycles. The second kappa shape index (κ2) is 11.7. The Balaban J connectivity index is 1.30. The minimum absolute atomic E-state index is 0.121. The minimum atomic E-state index is -2.72. The molecule has 7 nitrogen and oxygen atoms in total. The molecule has 0 amide bonds. The average molecular weight is 645 g/mol. The van der Waals surface area contributed by atoms with Gasteiger partial charge in [-0.05, 0) is 69.9 Å². The molecule has 232 valence electrons. The average Bonchev–Trinajstić information content (AvgIpc) is 3.74. The zero-order valence-electron chi connectivity index (χ0n) is 26.8. The highest BCUT2D eigenvalue weighted by molar-refractivity contribution is 6.99. The minimum Gasteiger partial charge on any atom is -0.403 e. The number of benzene rings is 3. The van der Waals surface area contributed by atoms with Gasteiger partial charge in [-0.2, -0.15) is 5.10 Å². The second-order valence-electron chi connectivity index (χ2n) is 13.0. The quantitative estimate of drug-likeness (QED) is 0.165. The first-order valence-electron chi connectivity index (χ1n) is 15.5. The van der Waals surface area contributed by atoms with E-state index in [9.17, 15) is 0 Å². The Morgan fingerprint density at radius 1 is 0.783 bits per heavy atom. The van der Waals surface area contributed by atoms with E-state index in [1.165, 1.54) is 10.4 Å². The van der Waals surface area contributed by atoms with E-state index in [4.69, 9.17) is 21.1 Å². The van der Waals surface area contributed by atoms with Crippen molar-refractivity contribution >= 4 is 47.0 Å². The predicted molar refractivity (Wildman–Crippen MR) is 188 cm³/mol. The summed E-state index contributed by atoms with van der Waals surface area (Å²) < 4.78 is 13.5. The third kappa shape index (κ3) is 5.26. The van der Waals surface area contributed by atoms with Gasteiger partial charge < -0.3 is 8.99 Å². The second-order valence-corrected chi connectivity index (χ2v) is 17.7. The van der Waals surface area contributed by atoms with Gasteiger partial charge in [-0.15, -0.1) is 10.2 Å². The van der Waals surface area contributed by atoms with Gasteiger partial charge in [0.05, 0.1) is 23.3 Å². The third-order valence-corrected chi connectivity index (χ3v) is 14.0. The van der Waals surface area contributed by atoms with E-state index in [1.807, 2.05) is 49.1 Å². The summed E-state index contributed by atoms with van der Waals surface area (Å²) in [4.78, 5) is 0. The number of nitrogens with zero attached hydrogens (tertiary/aromatic N) is 6. The van der Waals surface area contributed by atoms with Gasteiger partial charge in [0.1, 0.15) is 11.5 Å². The van der Waals surface area contributed by atoms with E-state index in [1.54, 1.807) is 0 Å². The van der Waals surface area contributed by atoms with E-state index in [0.29, 0.717) is 18.2 Å². The smallest absolute Gasteiger partial charge is 0.261 e. The first-order valence-corrected chi connectivity index (χ1v) is 17.8. The van der Waals surface area contributed by atoms with Crippen molar-refractivity contribution in [3.05, 3.63) is 131 Å². The molecule has 7 rings (SSSR count). The molecule has 7 aromatic rings. The molecule has 0 atom stereocenters. The number of aryl methyl sites for hydroxylation is 2. The molecule has 0 saturated carbocycles. The van der Waals surface area contributed by atoms with Crippen LogP contribution in [0.2, 0.25) is 10.1 Å². The van der Waals surface area contributed by atoms with E-state index >= 15 is 0 Å². The molecule has 0 saturated heterocycles. The molecule has 0 aliphatic rings. The van der Waals surface area contributed by atoms with E-state index in [0.717, 1.165) is 45.0 Å². The monoisotopic (exact) mass is 644 g/mol. The number of halogens is 1. The van der Waals surface area contributed by atoms with Crippen LogP contribution >= 0.6 is 11.6 Å². The fourth-order valence-electron chi connectivity index (χ4n) is 6.80. The Hall–Kier alpha value is -4.50. The van der Waals surface area contributed by atoms with Crippen LogP contribution in [0.1, 0.15) is 37.7 Å². The molecule has 46 heavy (non-hydrogen) atoms. The summed E-state index contributed by atoms with van der Waals surface area (Å²) in [5, 5.41) is 16.5. The largest absolute Gasteiger partial charge is 0.403 e. The van der Waals surface area contributed by atoms with Crippen LogP contribution in [0.4, 0.5) is 0 Å². The maximum Gasteiger partial charge on any atom is 0.261 e. The van der Waals surface area contributed by atoms with Crippen LogP contribution in [0, 0.1) is 6.92 Å². The number of pyridine rings is 1. The highest BCUT2D eigenvalue weighted by Gasteiger charge is 2.50. The van der Waals surface area contributed by atoms with Gasteiger partial charge in [0.15, 0.2) is 5.65 Å². The van der Waals surface area contributed by atoms with Crippen LogP contribution < -0.4 is 10.4 Å². The molecule has 0 spiro atoms. The van der Waals surface area contributed by atoms with Crippen molar-refractivity contribution in [2.45, 2.75) is 45.9 Å². The van der Waals surface area contributed by atoms with Gasteiger partial charge >= 0.3 is 0 Å². The van der Waals surface area contributed by atoms with Gasteiger partial charge in [0.2, 0.25) is 0 Å². The zero-order valence-corrected chi connectivity index (χ0v) is 28.5. The maximum atomic E-state index is 7.26. The fraction of sp³-hybridized carbons (Fsp3) is 0.216. The summed E-state index contributed by atoms with van der Waals surface area (Å²) >= 11 is 6.84. The molecule has 4 aromatic heterocycles. The highest BCUT2D eigenvalue weighted by Crippen LogP contribution is 2.38. The topological polar surface area (TPSA) is 62.2 Å². The molecular weight excluding hydrogens is 608 g/mol. The Morgan fingerprint density at radius 2 is 1.46 bits per heavy atom. The number of hydrogen-bond donors (Lipinski definition) is 0. The summed E-state index contributed by atoms with van der Waals surface area (Å²) in [5.74, 6) is 0.843. The molecule has 0 N–H and O–H groups in total. The van der Waals surface area contributed by atoms with Crippen molar-refractivity contribution in [1.82, 2.24) is 28.9 Å². The van der Waals surface area contributed by atoms with Crippen LogP contribution in [-0.2, 0) is 24.6 Å². The van der Waals surface area contributed by atoms with Crippen molar-refractivity contribution in [2.75, 3.05) is 0 Å². The van der Waals surface area contributed by atoms with Crippen LogP contribution in [0.5, 0.6) is 0 Å². The molecular formula is C37H37ClN6OSi. The zero-order chi connectivity index (χ0) is 32.1. The van der Waals surface area contributed by atoms with Crippen LogP contribution in [-0.4, -0.2) is 37.3 Å². The summed E-state index contributed by atoms with van der Waals surface area (Å²) in [6, 6.07) is 36.1. The SMILES string of the molecule is Cc1nnc2ccc3c(cc(-c4ccn(C)n4)n3Cc3cc(Cl)cc(CO[Si](c4ccccc4)(c4ccccc4)C(C)(C)C)c3)n12. The maximum absolute atomic E-state index is 7.26. The number of aromatic nitrogens is 6. The standard InChI is InChI=1S/C37H37ClN6OSi/c1-26-39-40-36-17-16-33-35(44(26)36)23-34(32-18-19-42(5)41-32)43(33)24-27-20-28(22-29(38)21-27)25-45-46(37(2,3)4,30-12-8-6-9-13-30)31-14-10-7-11-15-31/h6-23H,24-25H2,1-5H3. The van der Waals surface area contributed by atoms with Gasteiger partial charge in [-0.3, -0.25) is 9.08 Å². The fourth-order valence-corrected chi connectivity index (χ4v) is 11.6. The van der Waals surface area contributed by atoms with Crippen LogP contribution in [0.25, 0.3) is 28.1 Å². The van der Waals surface area contributed by atoms with Gasteiger partial charge in [-0.1, -0.05) is 99.1 Å². The van der Waals surface area contributed by atoms with Crippen LogP contribution in [0.15, 0.2) is 109 Å². The van der Waals surface area contributed by atoms with E-state index in [-0.39, 0.29) is 5.04 Å². The van der Waals surface area contributed by atoms with Crippen molar-refractivity contribution < 1.29 is 4.43 Å². The highest BCUT2D eigenvalue weighted by atomic mass is 35.5. The lowest BCUT2D eigenvalue weighted by atomic mass is 10.1. The van der Waals surface area contributed by atoms with E-state index in [2.05, 4.69) is 119 Å². The van der Waals surface area contributed by atoms with Crippen molar-refractivity contribution in [1.29, 1.82) is 0 Å². The summed E-state index contributed by atoms with van der Waals surface area (Å²) in [6.07, 6.45) is 1.97. The molecule has 0 radical (unpaired) electrons. The van der Waals surface area contributed by atoms with Gasteiger partial charge in [-0.25, -0.2) is 0 Å². The lowest BCUT2D eigenvalue weighted by Gasteiger charge is -2.43. The van der Waals surface area contributed by atoms with Crippen molar-refractivity contribution in [2.24, 2.45) is 7.05 Å².